The van der Waals surface area contributed by atoms with Crippen LogP contribution in [0.3, 0.4) is 0 Å². The van der Waals surface area contributed by atoms with E-state index >= 15 is 0 Å². The van der Waals surface area contributed by atoms with Crippen molar-refractivity contribution < 1.29 is 38.4 Å². The molecular formula is C7H11F3O5S. The molecule has 0 saturated heterocycles. The summed E-state index contributed by atoms with van der Waals surface area (Å²) in [5, 5.41) is 35.3. The van der Waals surface area contributed by atoms with Crippen LogP contribution < -0.4 is 0 Å². The first-order valence-electron chi connectivity index (χ1n) is 4.07. The second-order valence-corrected chi connectivity index (χ2v) is 3.93. The van der Waals surface area contributed by atoms with Gasteiger partial charge in [-0.3, -0.25) is 4.79 Å². The Hall–Kier alpha value is -0.350. The van der Waals surface area contributed by atoms with E-state index in [1.54, 1.807) is 0 Å². The van der Waals surface area contributed by atoms with Gasteiger partial charge in [-0.05, 0) is 11.8 Å². The van der Waals surface area contributed by atoms with E-state index in [0.717, 1.165) is 0 Å². The topological polar surface area (TPSA) is 98.0 Å². The number of halogens is 3. The van der Waals surface area contributed by atoms with Crippen LogP contribution in [-0.2, 0) is 4.79 Å². The average molecular weight is 264 g/mol. The molecule has 96 valence electrons. The van der Waals surface area contributed by atoms with Crippen LogP contribution in [0.2, 0.25) is 0 Å². The molecule has 0 spiro atoms. The highest BCUT2D eigenvalue weighted by atomic mass is 32.2. The third-order valence-electron chi connectivity index (χ3n) is 1.61. The van der Waals surface area contributed by atoms with Gasteiger partial charge in [0.25, 0.3) is 0 Å². The van der Waals surface area contributed by atoms with Crippen LogP contribution in [0.25, 0.3) is 0 Å². The molecule has 0 rings (SSSR count). The summed E-state index contributed by atoms with van der Waals surface area (Å²) in [7, 11) is 0. The number of thioether (sulfide) groups is 1. The molecule has 3 atom stereocenters. The van der Waals surface area contributed by atoms with Crippen LogP contribution in [0.15, 0.2) is 0 Å². The third kappa shape index (κ3) is 5.66. The molecule has 0 heterocycles. The molecule has 0 aliphatic rings. The Labute approximate surface area is 92.9 Å². The number of aliphatic hydroxyl groups excluding tert-OH is 4. The first-order valence-corrected chi connectivity index (χ1v) is 5.06. The fraction of sp³-hybridized carbons (Fsp3) is 0.857. The Balaban J connectivity index is 4.18. The number of hydrogen-bond donors (Lipinski definition) is 4. The van der Waals surface area contributed by atoms with E-state index in [4.69, 9.17) is 20.4 Å². The molecule has 3 unspecified atom stereocenters. The molecule has 0 aromatic rings. The van der Waals surface area contributed by atoms with Crippen molar-refractivity contribution in [1.82, 2.24) is 0 Å². The quantitative estimate of drug-likeness (QED) is 0.485. The molecule has 0 radical (unpaired) electrons. The maximum absolute atomic E-state index is 11.7. The fourth-order valence-corrected chi connectivity index (χ4v) is 1.22. The monoisotopic (exact) mass is 264 g/mol. The predicted molar refractivity (Wildman–Crippen MR) is 48.6 cm³/mol. The first kappa shape index (κ1) is 15.7. The lowest BCUT2D eigenvalue weighted by Crippen LogP contribution is -2.44. The van der Waals surface area contributed by atoms with E-state index < -0.39 is 53.7 Å². The maximum atomic E-state index is 11.7. The Kier molecular flexibility index (Phi) is 6.26. The van der Waals surface area contributed by atoms with E-state index in [1.807, 2.05) is 0 Å². The maximum Gasteiger partial charge on any atom is 0.442 e. The van der Waals surface area contributed by atoms with Crippen molar-refractivity contribution in [3.05, 3.63) is 0 Å². The van der Waals surface area contributed by atoms with Gasteiger partial charge < -0.3 is 20.4 Å². The smallest absolute Gasteiger partial charge is 0.394 e. The molecule has 4 N–H and O–H groups in total. The van der Waals surface area contributed by atoms with Gasteiger partial charge in [0.05, 0.1) is 12.4 Å². The van der Waals surface area contributed by atoms with Crippen LogP contribution in [-0.4, -0.2) is 62.4 Å². The second kappa shape index (κ2) is 6.40. The Morgan fingerprint density at radius 3 is 2.12 bits per heavy atom. The van der Waals surface area contributed by atoms with Gasteiger partial charge in [0.1, 0.15) is 18.3 Å². The minimum absolute atomic E-state index is 0.658. The van der Waals surface area contributed by atoms with E-state index in [0.29, 0.717) is 0 Å². The van der Waals surface area contributed by atoms with Crippen LogP contribution in [0.4, 0.5) is 13.2 Å². The van der Waals surface area contributed by atoms with Crippen molar-refractivity contribution in [3.63, 3.8) is 0 Å². The molecule has 0 aromatic heterocycles. The highest BCUT2D eigenvalue weighted by molar-refractivity contribution is 8.00. The van der Waals surface area contributed by atoms with Gasteiger partial charge in [-0.15, -0.1) is 0 Å². The van der Waals surface area contributed by atoms with Gasteiger partial charge in [0.2, 0.25) is 0 Å². The number of ketones is 1. The lowest BCUT2D eigenvalue weighted by Gasteiger charge is -2.20. The zero-order valence-corrected chi connectivity index (χ0v) is 8.70. The minimum atomic E-state index is -4.62. The summed E-state index contributed by atoms with van der Waals surface area (Å²) < 4.78 is 35.0. The second-order valence-electron chi connectivity index (χ2n) is 2.89. The van der Waals surface area contributed by atoms with E-state index in [-0.39, 0.29) is 0 Å². The zero-order valence-electron chi connectivity index (χ0n) is 7.89. The number of carbonyl (C=O) groups excluding carboxylic acids is 1. The molecule has 5 nitrogen and oxygen atoms in total. The molecule has 16 heavy (non-hydrogen) atoms. The molecule has 0 aliphatic heterocycles. The summed E-state index contributed by atoms with van der Waals surface area (Å²) in [5.74, 6) is -2.35. The Bertz CT molecular complexity index is 235. The third-order valence-corrected chi connectivity index (χ3v) is 2.37. The SMILES string of the molecule is O=C(CSC(F)(F)F)C(O)C(O)C(O)CO. The lowest BCUT2D eigenvalue weighted by atomic mass is 10.1. The van der Waals surface area contributed by atoms with E-state index in [2.05, 4.69) is 0 Å². The average Bonchev–Trinajstić information content (AvgIpc) is 2.21. The van der Waals surface area contributed by atoms with Gasteiger partial charge >= 0.3 is 5.51 Å². The van der Waals surface area contributed by atoms with Crippen LogP contribution in [0.5, 0.6) is 0 Å². The fourth-order valence-electron chi connectivity index (χ4n) is 0.747. The van der Waals surface area contributed by atoms with Crippen molar-refractivity contribution in [2.45, 2.75) is 23.8 Å². The molecule has 0 bridgehead atoms. The lowest BCUT2D eigenvalue weighted by molar-refractivity contribution is -0.137. The number of alkyl halides is 3. The van der Waals surface area contributed by atoms with Crippen molar-refractivity contribution in [1.29, 1.82) is 0 Å². The Morgan fingerprint density at radius 1 is 1.25 bits per heavy atom. The summed E-state index contributed by atoms with van der Waals surface area (Å²) in [6.45, 7) is -0.919. The molecule has 0 amide bonds. The van der Waals surface area contributed by atoms with Crippen molar-refractivity contribution in [3.8, 4) is 0 Å². The van der Waals surface area contributed by atoms with Gasteiger partial charge in [0.15, 0.2) is 5.78 Å². The summed E-state index contributed by atoms with van der Waals surface area (Å²) >= 11 is -0.658. The summed E-state index contributed by atoms with van der Waals surface area (Å²) in [4.78, 5) is 10.9. The van der Waals surface area contributed by atoms with Crippen LogP contribution >= 0.6 is 11.8 Å². The molecule has 0 aromatic carbocycles. The van der Waals surface area contributed by atoms with E-state index in [9.17, 15) is 18.0 Å². The number of aliphatic hydroxyl groups is 4. The number of Topliss-reactive ketones (excluding diaryl/α,β-unsaturated/α-hetero) is 1. The minimum Gasteiger partial charge on any atom is -0.394 e. The van der Waals surface area contributed by atoms with Crippen molar-refractivity contribution in [2.24, 2.45) is 0 Å². The van der Waals surface area contributed by atoms with E-state index in [1.165, 1.54) is 0 Å². The first-order chi connectivity index (χ1) is 7.19. The highest BCUT2D eigenvalue weighted by Gasteiger charge is 2.34. The molecular weight excluding hydrogens is 253 g/mol. The normalized spacial score (nSPS) is 17.9. The van der Waals surface area contributed by atoms with Gasteiger partial charge in [0, 0.05) is 0 Å². The van der Waals surface area contributed by atoms with Crippen LogP contribution in [0, 0.1) is 0 Å². The Morgan fingerprint density at radius 2 is 1.75 bits per heavy atom. The molecule has 0 aliphatic carbocycles. The van der Waals surface area contributed by atoms with Crippen molar-refractivity contribution >= 4 is 17.5 Å². The molecule has 0 fully saturated rings. The summed E-state index contributed by atoms with van der Waals surface area (Å²) in [6.07, 6.45) is -5.95. The standard InChI is InChI=1S/C7H11F3O5S/c8-7(9,10)16-2-4(13)6(15)5(14)3(12)1-11/h3,5-6,11-12,14-15H,1-2H2. The predicted octanol–water partition coefficient (Wildman–Crippen LogP) is -1.12. The molecule has 9 heteroatoms. The number of carbonyl (C=O) groups is 1. The zero-order chi connectivity index (χ0) is 12.9. The summed E-state index contributed by atoms with van der Waals surface area (Å²) in [5.41, 5.74) is -4.62. The largest absolute Gasteiger partial charge is 0.442 e. The van der Waals surface area contributed by atoms with Gasteiger partial charge in [-0.25, -0.2) is 0 Å². The highest BCUT2D eigenvalue weighted by Crippen LogP contribution is 2.30. The molecule has 0 saturated carbocycles. The van der Waals surface area contributed by atoms with Crippen LogP contribution in [0.1, 0.15) is 0 Å². The van der Waals surface area contributed by atoms with Gasteiger partial charge in [-0.2, -0.15) is 13.2 Å². The number of hydrogen-bond acceptors (Lipinski definition) is 6. The number of rotatable bonds is 6. The summed E-state index contributed by atoms with van der Waals surface area (Å²) in [6, 6.07) is 0. The van der Waals surface area contributed by atoms with Crippen molar-refractivity contribution in [2.75, 3.05) is 12.4 Å². The van der Waals surface area contributed by atoms with Gasteiger partial charge in [-0.1, -0.05) is 0 Å².